The Kier molecular flexibility index (Phi) is 2.19. The van der Waals surface area contributed by atoms with Crippen molar-refractivity contribution in [3.8, 4) is 0 Å². The first kappa shape index (κ1) is 10.2. The molecule has 1 heterocycles. The van der Waals surface area contributed by atoms with Crippen molar-refractivity contribution in [3.05, 3.63) is 53.9 Å². The van der Waals surface area contributed by atoms with Gasteiger partial charge in [-0.3, -0.25) is 0 Å². The lowest BCUT2D eigenvalue weighted by atomic mass is 9.95. The van der Waals surface area contributed by atoms with Crippen molar-refractivity contribution in [1.82, 2.24) is 4.98 Å². The van der Waals surface area contributed by atoms with Gasteiger partial charge in [0, 0.05) is 22.2 Å². The fourth-order valence-corrected chi connectivity index (χ4v) is 3.24. The maximum absolute atomic E-state index is 3.60. The monoisotopic (exact) mass is 234 g/mol. The van der Waals surface area contributed by atoms with Crippen molar-refractivity contribution in [1.29, 1.82) is 0 Å². The average molecular weight is 234 g/mol. The van der Waals surface area contributed by atoms with Crippen molar-refractivity contribution < 1.29 is 0 Å². The van der Waals surface area contributed by atoms with Crippen LogP contribution in [0.5, 0.6) is 0 Å². The highest BCUT2D eigenvalue weighted by Gasteiger charge is 2.20. The molecule has 1 N–H and O–H groups in total. The SMILES string of the molecule is c1ccc2c(c1)[nH]c1c([C]3CCCC3)cccc12. The quantitative estimate of drug-likeness (QED) is 0.621. The first-order valence-corrected chi connectivity index (χ1v) is 6.78. The lowest BCUT2D eigenvalue weighted by Crippen LogP contribution is -1.94. The Balaban J connectivity index is 2.03. The van der Waals surface area contributed by atoms with Gasteiger partial charge in [0.2, 0.25) is 0 Å². The Morgan fingerprint density at radius 2 is 1.56 bits per heavy atom. The zero-order valence-corrected chi connectivity index (χ0v) is 10.4. The van der Waals surface area contributed by atoms with Crippen molar-refractivity contribution in [2.75, 3.05) is 0 Å². The Bertz CT molecular complexity index is 702. The first-order chi connectivity index (χ1) is 8.93. The molecule has 4 rings (SSSR count). The van der Waals surface area contributed by atoms with E-state index in [0.717, 1.165) is 0 Å². The maximum atomic E-state index is 3.60. The minimum Gasteiger partial charge on any atom is -0.354 e. The van der Waals surface area contributed by atoms with E-state index in [0.29, 0.717) is 0 Å². The highest BCUT2D eigenvalue weighted by molar-refractivity contribution is 6.08. The summed E-state index contributed by atoms with van der Waals surface area (Å²) in [5.41, 5.74) is 4.02. The van der Waals surface area contributed by atoms with Crippen LogP contribution in [-0.2, 0) is 0 Å². The number of para-hydroxylation sites is 2. The third kappa shape index (κ3) is 1.40. The standard InChI is InChI=1S/C17H16N/c1-2-7-12(6-1)13-9-5-10-15-14-8-3-4-11-16(14)18-17(13)15/h3-5,8-11,18H,1-2,6-7H2. The van der Waals surface area contributed by atoms with Crippen LogP contribution in [0, 0.1) is 5.92 Å². The maximum Gasteiger partial charge on any atom is 0.0503 e. The van der Waals surface area contributed by atoms with Crippen LogP contribution in [-0.4, -0.2) is 4.98 Å². The predicted octanol–water partition coefficient (Wildman–Crippen LogP) is 4.82. The first-order valence-electron chi connectivity index (χ1n) is 6.78. The highest BCUT2D eigenvalue weighted by atomic mass is 14.7. The molecule has 0 saturated heterocycles. The van der Waals surface area contributed by atoms with Gasteiger partial charge in [-0.25, -0.2) is 0 Å². The molecule has 18 heavy (non-hydrogen) atoms. The number of fused-ring (bicyclic) bond motifs is 3. The lowest BCUT2D eigenvalue weighted by molar-refractivity contribution is 0.886. The number of hydrogen-bond donors (Lipinski definition) is 1. The molecule has 1 heteroatoms. The van der Waals surface area contributed by atoms with Crippen LogP contribution >= 0.6 is 0 Å². The minimum absolute atomic E-state index is 1.25. The smallest absolute Gasteiger partial charge is 0.0503 e. The summed E-state index contributed by atoms with van der Waals surface area (Å²) in [5.74, 6) is 1.63. The Morgan fingerprint density at radius 1 is 0.778 bits per heavy atom. The average Bonchev–Trinajstić information content (AvgIpc) is 3.05. The number of H-pyrrole nitrogens is 1. The molecule has 2 aromatic carbocycles. The fraction of sp³-hybridized carbons (Fsp3) is 0.235. The van der Waals surface area contributed by atoms with E-state index in [1.54, 1.807) is 5.92 Å². The van der Waals surface area contributed by atoms with Crippen molar-refractivity contribution in [3.63, 3.8) is 0 Å². The molecule has 0 amide bonds. The van der Waals surface area contributed by atoms with Crippen LogP contribution in [0.1, 0.15) is 31.2 Å². The van der Waals surface area contributed by atoms with E-state index >= 15 is 0 Å². The molecule has 1 fully saturated rings. The molecule has 1 aromatic heterocycles. The van der Waals surface area contributed by atoms with Gasteiger partial charge in [-0.15, -0.1) is 0 Å². The third-order valence-electron chi connectivity index (χ3n) is 4.13. The van der Waals surface area contributed by atoms with E-state index in [1.165, 1.54) is 53.1 Å². The largest absolute Gasteiger partial charge is 0.354 e. The normalized spacial score (nSPS) is 16.9. The van der Waals surface area contributed by atoms with Crippen molar-refractivity contribution in [2.24, 2.45) is 0 Å². The lowest BCUT2D eigenvalue weighted by Gasteiger charge is -2.09. The van der Waals surface area contributed by atoms with E-state index in [-0.39, 0.29) is 0 Å². The summed E-state index contributed by atoms with van der Waals surface area (Å²) in [6, 6.07) is 15.3. The fourth-order valence-electron chi connectivity index (χ4n) is 3.24. The van der Waals surface area contributed by atoms with Crippen LogP contribution in [0.4, 0.5) is 0 Å². The summed E-state index contributed by atoms with van der Waals surface area (Å²) in [4.78, 5) is 3.60. The number of aromatic nitrogens is 1. The number of nitrogens with one attached hydrogen (secondary N) is 1. The van der Waals surface area contributed by atoms with Gasteiger partial charge in [-0.2, -0.15) is 0 Å². The summed E-state index contributed by atoms with van der Waals surface area (Å²) < 4.78 is 0. The summed E-state index contributed by atoms with van der Waals surface area (Å²) in [5, 5.41) is 2.70. The van der Waals surface area contributed by atoms with Gasteiger partial charge in [0.15, 0.2) is 0 Å². The molecule has 1 saturated carbocycles. The Labute approximate surface area is 107 Å². The second-order valence-corrected chi connectivity index (χ2v) is 5.21. The molecule has 0 aliphatic heterocycles. The molecular formula is C17H16N. The molecule has 0 unspecified atom stereocenters. The molecule has 3 aromatic rings. The molecule has 1 aliphatic rings. The molecule has 89 valence electrons. The summed E-state index contributed by atoms with van der Waals surface area (Å²) in [7, 11) is 0. The number of hydrogen-bond acceptors (Lipinski definition) is 0. The molecule has 1 aliphatic carbocycles. The van der Waals surface area contributed by atoms with E-state index in [1.807, 2.05) is 0 Å². The minimum atomic E-state index is 1.25. The Hall–Kier alpha value is -1.76. The number of benzene rings is 2. The molecular weight excluding hydrogens is 218 g/mol. The van der Waals surface area contributed by atoms with Crippen LogP contribution in [0.25, 0.3) is 21.8 Å². The second kappa shape index (κ2) is 3.88. The van der Waals surface area contributed by atoms with E-state index < -0.39 is 0 Å². The highest BCUT2D eigenvalue weighted by Crippen LogP contribution is 2.38. The van der Waals surface area contributed by atoms with Gasteiger partial charge >= 0.3 is 0 Å². The van der Waals surface area contributed by atoms with Gasteiger partial charge in [0.1, 0.15) is 0 Å². The zero-order chi connectivity index (χ0) is 11.9. The van der Waals surface area contributed by atoms with E-state index in [2.05, 4.69) is 47.4 Å². The van der Waals surface area contributed by atoms with Crippen molar-refractivity contribution in [2.45, 2.75) is 25.7 Å². The third-order valence-corrected chi connectivity index (χ3v) is 4.13. The van der Waals surface area contributed by atoms with Crippen LogP contribution < -0.4 is 0 Å². The topological polar surface area (TPSA) is 15.8 Å². The van der Waals surface area contributed by atoms with Gasteiger partial charge in [-0.05, 0) is 24.5 Å². The van der Waals surface area contributed by atoms with Crippen LogP contribution in [0.3, 0.4) is 0 Å². The summed E-state index contributed by atoms with van der Waals surface area (Å²) in [6.45, 7) is 0. The van der Waals surface area contributed by atoms with Crippen molar-refractivity contribution >= 4 is 21.8 Å². The van der Waals surface area contributed by atoms with Gasteiger partial charge in [-0.1, -0.05) is 49.2 Å². The molecule has 0 atom stereocenters. The number of aromatic amines is 1. The second-order valence-electron chi connectivity index (χ2n) is 5.21. The molecule has 1 radical (unpaired) electrons. The van der Waals surface area contributed by atoms with Gasteiger partial charge < -0.3 is 4.98 Å². The molecule has 1 nitrogen and oxygen atoms in total. The van der Waals surface area contributed by atoms with Crippen LogP contribution in [0.15, 0.2) is 42.5 Å². The zero-order valence-electron chi connectivity index (χ0n) is 10.4. The van der Waals surface area contributed by atoms with E-state index in [9.17, 15) is 0 Å². The molecule has 0 bridgehead atoms. The number of rotatable bonds is 1. The van der Waals surface area contributed by atoms with Crippen LogP contribution in [0.2, 0.25) is 0 Å². The van der Waals surface area contributed by atoms with Gasteiger partial charge in [0.05, 0.1) is 5.52 Å². The van der Waals surface area contributed by atoms with E-state index in [4.69, 9.17) is 0 Å². The van der Waals surface area contributed by atoms with Gasteiger partial charge in [0.25, 0.3) is 0 Å². The molecule has 0 spiro atoms. The predicted molar refractivity (Wildman–Crippen MR) is 76.6 cm³/mol. The summed E-state index contributed by atoms with van der Waals surface area (Å²) in [6.07, 6.45) is 5.25. The summed E-state index contributed by atoms with van der Waals surface area (Å²) >= 11 is 0. The Morgan fingerprint density at radius 3 is 2.44 bits per heavy atom.